The number of carbonyl (C=O) groups excluding carboxylic acids is 1. The summed E-state index contributed by atoms with van der Waals surface area (Å²) in [5.41, 5.74) is 3.43. The topological polar surface area (TPSA) is 51.0 Å². The van der Waals surface area contributed by atoms with Crippen molar-refractivity contribution in [3.8, 4) is 5.75 Å². The fraction of sp³-hybridized carbons (Fsp3) is 0.0357. The first-order valence-corrected chi connectivity index (χ1v) is 10.3. The second kappa shape index (κ2) is 10.6. The van der Waals surface area contributed by atoms with Crippen LogP contribution in [-0.2, 0) is 6.61 Å². The summed E-state index contributed by atoms with van der Waals surface area (Å²) in [6.07, 6.45) is 1.61. The minimum absolute atomic E-state index is 0.178. The van der Waals surface area contributed by atoms with Crippen molar-refractivity contribution in [3.63, 3.8) is 0 Å². The Bertz CT molecular complexity index is 1220. The maximum Gasteiger partial charge on any atom is 0.213 e. The Morgan fingerprint density at radius 3 is 1.94 bits per heavy atom. The Hall–Kier alpha value is -4.31. The molecule has 4 heteroatoms. The van der Waals surface area contributed by atoms with E-state index >= 15 is 0 Å². The lowest BCUT2D eigenvalue weighted by Crippen LogP contribution is -2.15. The van der Waals surface area contributed by atoms with Crippen LogP contribution in [-0.4, -0.2) is 17.7 Å². The van der Waals surface area contributed by atoms with Crippen LogP contribution in [0.5, 0.6) is 5.75 Å². The van der Waals surface area contributed by atoms with Crippen LogP contribution in [0.4, 0.5) is 0 Å². The van der Waals surface area contributed by atoms with Gasteiger partial charge in [-0.3, -0.25) is 4.79 Å². The number of carbonyl (C=O) groups is 1. The van der Waals surface area contributed by atoms with Crippen molar-refractivity contribution in [2.45, 2.75) is 6.61 Å². The van der Waals surface area contributed by atoms with Gasteiger partial charge >= 0.3 is 0 Å². The second-order valence-corrected chi connectivity index (χ2v) is 7.07. The van der Waals surface area contributed by atoms with Crippen molar-refractivity contribution in [2.75, 3.05) is 0 Å². The zero-order valence-electron chi connectivity index (χ0n) is 17.5. The highest BCUT2D eigenvalue weighted by atomic mass is 16.5. The lowest BCUT2D eigenvalue weighted by Gasteiger charge is -2.08. The van der Waals surface area contributed by atoms with E-state index in [9.17, 15) is 4.79 Å². The van der Waals surface area contributed by atoms with E-state index < -0.39 is 0 Å². The largest absolute Gasteiger partial charge is 0.488 e. The van der Waals surface area contributed by atoms with Gasteiger partial charge in [-0.05, 0) is 17.7 Å². The number of ketones is 1. The average Bonchev–Trinajstić information content (AvgIpc) is 2.87. The second-order valence-electron chi connectivity index (χ2n) is 7.07. The van der Waals surface area contributed by atoms with Gasteiger partial charge in [0.1, 0.15) is 18.1 Å². The molecule has 156 valence electrons. The first-order valence-electron chi connectivity index (χ1n) is 10.3. The van der Waals surface area contributed by atoms with Crippen LogP contribution >= 0.6 is 0 Å². The summed E-state index contributed by atoms with van der Waals surface area (Å²) in [5, 5.41) is 8.55. The molecule has 0 atom stereocenters. The van der Waals surface area contributed by atoms with Crippen LogP contribution in [0.1, 0.15) is 27.0 Å². The molecule has 32 heavy (non-hydrogen) atoms. The fourth-order valence-electron chi connectivity index (χ4n) is 3.16. The van der Waals surface area contributed by atoms with Gasteiger partial charge in [0, 0.05) is 16.7 Å². The van der Waals surface area contributed by atoms with Gasteiger partial charge in [-0.1, -0.05) is 103 Å². The molecule has 0 spiro atoms. The molecule has 4 nitrogen and oxygen atoms in total. The summed E-state index contributed by atoms with van der Waals surface area (Å²) in [6.45, 7) is 0.455. The predicted octanol–water partition coefficient (Wildman–Crippen LogP) is 5.97. The highest BCUT2D eigenvalue weighted by molar-refractivity contribution is 6.51. The predicted molar refractivity (Wildman–Crippen MR) is 129 cm³/mol. The minimum Gasteiger partial charge on any atom is -0.488 e. The zero-order valence-corrected chi connectivity index (χ0v) is 17.5. The third-order valence-corrected chi connectivity index (χ3v) is 4.81. The Morgan fingerprint density at radius 1 is 0.688 bits per heavy atom. The maximum atomic E-state index is 13.1. The quantitative estimate of drug-likeness (QED) is 0.201. The van der Waals surface area contributed by atoms with E-state index in [1.54, 1.807) is 18.3 Å². The van der Waals surface area contributed by atoms with E-state index in [1.165, 1.54) is 0 Å². The minimum atomic E-state index is -0.178. The first kappa shape index (κ1) is 20.9. The average molecular weight is 418 g/mol. The Morgan fingerprint density at radius 2 is 1.25 bits per heavy atom. The number of rotatable bonds is 8. The molecular formula is C28H22N2O2. The Labute approximate surface area is 187 Å². The van der Waals surface area contributed by atoms with Crippen molar-refractivity contribution in [1.29, 1.82) is 0 Å². The van der Waals surface area contributed by atoms with Crippen molar-refractivity contribution < 1.29 is 9.53 Å². The summed E-state index contributed by atoms with van der Waals surface area (Å²) in [4.78, 5) is 13.1. The number of Topliss-reactive ketones (excluding diaryl/α,β-unsaturated/α-hetero) is 1. The van der Waals surface area contributed by atoms with Gasteiger partial charge in [0.15, 0.2) is 0 Å². The summed E-state index contributed by atoms with van der Waals surface area (Å²) in [6, 6.07) is 36.0. The Balaban J connectivity index is 1.59. The molecule has 0 N–H and O–H groups in total. The van der Waals surface area contributed by atoms with Crippen LogP contribution in [0.2, 0.25) is 0 Å². The molecule has 0 amide bonds. The van der Waals surface area contributed by atoms with E-state index in [0.29, 0.717) is 23.5 Å². The van der Waals surface area contributed by atoms with Crippen molar-refractivity contribution >= 4 is 17.7 Å². The third kappa shape index (κ3) is 5.43. The normalized spacial score (nSPS) is 11.4. The molecule has 0 saturated heterocycles. The summed E-state index contributed by atoms with van der Waals surface area (Å²) in [5.74, 6) is 0.522. The number of para-hydroxylation sites is 1. The number of hydrogen-bond donors (Lipinski definition) is 0. The van der Waals surface area contributed by atoms with Gasteiger partial charge in [-0.25, -0.2) is 0 Å². The molecule has 0 aromatic heterocycles. The third-order valence-electron chi connectivity index (χ3n) is 4.81. The highest BCUT2D eigenvalue weighted by Crippen LogP contribution is 2.18. The number of ether oxygens (including phenoxy) is 1. The Kier molecular flexibility index (Phi) is 6.96. The van der Waals surface area contributed by atoms with Crippen LogP contribution in [0.15, 0.2) is 125 Å². The molecule has 4 rings (SSSR count). The first-order chi connectivity index (χ1) is 15.8. The standard InChI is InChI=1S/C28H22N2O2/c31-28(24-16-8-3-9-17-24)27(23-14-6-2-7-15-23)30-29-20-25-18-10-11-19-26(25)32-21-22-12-4-1-5-13-22/h1-20H,21H2/b29-20-,30-27-. The molecular weight excluding hydrogens is 396 g/mol. The van der Waals surface area contributed by atoms with Crippen LogP contribution in [0.3, 0.4) is 0 Å². The molecule has 0 aliphatic carbocycles. The van der Waals surface area contributed by atoms with Gasteiger partial charge in [0.05, 0.1) is 6.21 Å². The molecule has 0 aliphatic rings. The van der Waals surface area contributed by atoms with Crippen LogP contribution < -0.4 is 4.74 Å². The van der Waals surface area contributed by atoms with Crippen LogP contribution in [0.25, 0.3) is 0 Å². The number of nitrogens with zero attached hydrogens (tertiary/aromatic N) is 2. The lowest BCUT2D eigenvalue weighted by molar-refractivity contribution is 0.106. The molecule has 0 radical (unpaired) electrons. The molecule has 0 heterocycles. The van der Waals surface area contributed by atoms with Gasteiger partial charge < -0.3 is 4.74 Å². The fourth-order valence-corrected chi connectivity index (χ4v) is 3.16. The van der Waals surface area contributed by atoms with Crippen LogP contribution in [0, 0.1) is 0 Å². The zero-order chi connectivity index (χ0) is 22.0. The van der Waals surface area contributed by atoms with Crippen molar-refractivity contribution in [2.24, 2.45) is 10.2 Å². The van der Waals surface area contributed by atoms with E-state index in [4.69, 9.17) is 4.74 Å². The summed E-state index contributed by atoms with van der Waals surface area (Å²) >= 11 is 0. The highest BCUT2D eigenvalue weighted by Gasteiger charge is 2.16. The maximum absolute atomic E-state index is 13.1. The van der Waals surface area contributed by atoms with E-state index in [2.05, 4.69) is 10.2 Å². The van der Waals surface area contributed by atoms with Gasteiger partial charge in [-0.2, -0.15) is 5.10 Å². The molecule has 4 aromatic rings. The molecule has 0 unspecified atom stereocenters. The van der Waals surface area contributed by atoms with E-state index in [0.717, 1.165) is 11.1 Å². The van der Waals surface area contributed by atoms with E-state index in [1.807, 2.05) is 103 Å². The number of hydrogen-bond acceptors (Lipinski definition) is 4. The van der Waals surface area contributed by atoms with Crippen molar-refractivity contribution in [1.82, 2.24) is 0 Å². The monoisotopic (exact) mass is 418 g/mol. The molecule has 0 bridgehead atoms. The van der Waals surface area contributed by atoms with E-state index in [-0.39, 0.29) is 11.5 Å². The summed E-state index contributed by atoms with van der Waals surface area (Å²) in [7, 11) is 0. The smallest absolute Gasteiger partial charge is 0.213 e. The van der Waals surface area contributed by atoms with Gasteiger partial charge in [0.2, 0.25) is 5.78 Å². The van der Waals surface area contributed by atoms with Gasteiger partial charge in [-0.15, -0.1) is 5.10 Å². The number of benzene rings is 4. The van der Waals surface area contributed by atoms with Gasteiger partial charge in [0.25, 0.3) is 0 Å². The van der Waals surface area contributed by atoms with Crippen molar-refractivity contribution in [3.05, 3.63) is 138 Å². The molecule has 0 fully saturated rings. The lowest BCUT2D eigenvalue weighted by atomic mass is 10.0. The summed E-state index contributed by atoms with van der Waals surface area (Å²) < 4.78 is 5.98. The molecule has 4 aromatic carbocycles. The molecule has 0 aliphatic heterocycles. The molecule has 0 saturated carbocycles. The SMILES string of the molecule is O=C(/C(=N\N=C/c1ccccc1OCc1ccccc1)c1ccccc1)c1ccccc1.